The zero-order valence-corrected chi connectivity index (χ0v) is 9.21. The first-order chi connectivity index (χ1) is 7.86. The highest BCUT2D eigenvalue weighted by Gasteiger charge is 2.27. The highest BCUT2D eigenvalue weighted by molar-refractivity contribution is 5.37. The average molecular weight is 216 g/mol. The molecular formula is C12H16N4. The van der Waals surface area contributed by atoms with E-state index in [2.05, 4.69) is 14.6 Å². The Morgan fingerprint density at radius 1 is 1.19 bits per heavy atom. The van der Waals surface area contributed by atoms with E-state index in [0.29, 0.717) is 5.92 Å². The Bertz CT molecular complexity index is 490. The molecule has 0 spiro atoms. The molecule has 0 amide bonds. The minimum atomic E-state index is 0.237. The van der Waals surface area contributed by atoms with Gasteiger partial charge in [0.25, 0.3) is 0 Å². The molecule has 1 aliphatic rings. The molecule has 1 saturated carbocycles. The van der Waals surface area contributed by atoms with E-state index in [1.165, 1.54) is 12.8 Å². The predicted octanol–water partition coefficient (Wildman–Crippen LogP) is 1.71. The maximum absolute atomic E-state index is 6.18. The van der Waals surface area contributed by atoms with E-state index < -0.39 is 0 Å². The summed E-state index contributed by atoms with van der Waals surface area (Å²) < 4.78 is 2.07. The van der Waals surface area contributed by atoms with Gasteiger partial charge in [0.15, 0.2) is 5.65 Å². The number of hydrogen-bond donors (Lipinski definition) is 1. The van der Waals surface area contributed by atoms with E-state index in [-0.39, 0.29) is 6.04 Å². The van der Waals surface area contributed by atoms with Gasteiger partial charge in [-0.15, -0.1) is 10.2 Å². The highest BCUT2D eigenvalue weighted by Crippen LogP contribution is 2.30. The van der Waals surface area contributed by atoms with Gasteiger partial charge in [-0.3, -0.25) is 4.40 Å². The summed E-state index contributed by atoms with van der Waals surface area (Å²) in [4.78, 5) is 0. The Kier molecular flexibility index (Phi) is 2.36. The van der Waals surface area contributed by atoms with Gasteiger partial charge in [-0.2, -0.15) is 0 Å². The minimum absolute atomic E-state index is 0.237. The molecule has 16 heavy (non-hydrogen) atoms. The van der Waals surface area contributed by atoms with Crippen molar-refractivity contribution in [3.63, 3.8) is 0 Å². The van der Waals surface area contributed by atoms with Gasteiger partial charge in [0.2, 0.25) is 0 Å². The number of pyridine rings is 1. The van der Waals surface area contributed by atoms with Crippen LogP contribution in [0.15, 0.2) is 24.4 Å². The largest absolute Gasteiger partial charge is 0.327 e. The summed E-state index contributed by atoms with van der Waals surface area (Å²) in [5.41, 5.74) is 7.09. The highest BCUT2D eigenvalue weighted by atomic mass is 15.2. The van der Waals surface area contributed by atoms with E-state index in [1.54, 1.807) is 0 Å². The Hall–Kier alpha value is -1.42. The average Bonchev–Trinajstić information content (AvgIpc) is 2.74. The summed E-state index contributed by atoms with van der Waals surface area (Å²) in [6.07, 6.45) is 6.75. The number of fused-ring (bicyclic) bond motifs is 1. The summed E-state index contributed by atoms with van der Waals surface area (Å²) in [5.74, 6) is 1.40. The first-order valence-corrected chi connectivity index (χ1v) is 5.91. The lowest BCUT2D eigenvalue weighted by molar-refractivity contribution is 0.371. The van der Waals surface area contributed by atoms with E-state index in [0.717, 1.165) is 24.3 Å². The molecule has 0 saturated heterocycles. The minimum Gasteiger partial charge on any atom is -0.327 e. The van der Waals surface area contributed by atoms with Crippen LogP contribution in [0.25, 0.3) is 5.65 Å². The van der Waals surface area contributed by atoms with Crippen LogP contribution >= 0.6 is 0 Å². The van der Waals surface area contributed by atoms with E-state index in [4.69, 9.17) is 5.73 Å². The van der Waals surface area contributed by atoms with Crippen molar-refractivity contribution in [1.82, 2.24) is 14.6 Å². The lowest BCUT2D eigenvalue weighted by atomic mass is 9.84. The summed E-state index contributed by atoms with van der Waals surface area (Å²) in [6, 6.07) is 6.20. The van der Waals surface area contributed by atoms with E-state index >= 15 is 0 Å². The lowest BCUT2D eigenvalue weighted by Crippen LogP contribution is -2.32. The number of aromatic nitrogens is 3. The van der Waals surface area contributed by atoms with Crippen molar-refractivity contribution < 1.29 is 0 Å². The standard InChI is InChI=1S/C12H16N4/c13-10-6-2-1-5-9(10)12-15-14-11-7-3-4-8-16(11)12/h3-4,7-10H,1-2,5-6,13H2/t9-,10-/m1/s1. The molecule has 1 aliphatic carbocycles. The van der Waals surface area contributed by atoms with Gasteiger partial charge in [0.1, 0.15) is 5.82 Å². The van der Waals surface area contributed by atoms with Crippen LogP contribution in [0, 0.1) is 0 Å². The van der Waals surface area contributed by atoms with Gasteiger partial charge in [-0.1, -0.05) is 18.9 Å². The Morgan fingerprint density at radius 3 is 2.94 bits per heavy atom. The van der Waals surface area contributed by atoms with Crippen molar-refractivity contribution in [3.05, 3.63) is 30.2 Å². The molecule has 0 radical (unpaired) electrons. The topological polar surface area (TPSA) is 56.2 Å². The van der Waals surface area contributed by atoms with Crippen molar-refractivity contribution in [2.45, 2.75) is 37.6 Å². The van der Waals surface area contributed by atoms with Crippen LogP contribution in [0.3, 0.4) is 0 Å². The van der Waals surface area contributed by atoms with Crippen molar-refractivity contribution in [1.29, 1.82) is 0 Å². The first kappa shape index (κ1) is 9.78. The van der Waals surface area contributed by atoms with Crippen LogP contribution < -0.4 is 5.73 Å². The van der Waals surface area contributed by atoms with Crippen molar-refractivity contribution >= 4 is 5.65 Å². The van der Waals surface area contributed by atoms with Crippen LogP contribution in [0.1, 0.15) is 37.4 Å². The van der Waals surface area contributed by atoms with Gasteiger partial charge in [0, 0.05) is 18.2 Å². The molecule has 2 heterocycles. The third-order valence-corrected chi connectivity index (χ3v) is 3.49. The second kappa shape index (κ2) is 3.87. The molecule has 3 rings (SSSR count). The van der Waals surface area contributed by atoms with Gasteiger partial charge >= 0.3 is 0 Å². The molecule has 2 aromatic rings. The third kappa shape index (κ3) is 1.50. The molecule has 84 valence electrons. The number of hydrogen-bond acceptors (Lipinski definition) is 3. The van der Waals surface area contributed by atoms with Crippen LogP contribution in [0.4, 0.5) is 0 Å². The van der Waals surface area contributed by atoms with Gasteiger partial charge < -0.3 is 5.73 Å². The van der Waals surface area contributed by atoms with Gasteiger partial charge in [-0.25, -0.2) is 0 Å². The second-order valence-electron chi connectivity index (χ2n) is 4.54. The van der Waals surface area contributed by atoms with Crippen molar-refractivity contribution in [2.24, 2.45) is 5.73 Å². The molecule has 0 bridgehead atoms. The SMILES string of the molecule is N[C@@H]1CCCC[C@H]1c1nnc2ccccn12. The molecule has 2 aromatic heterocycles. The molecule has 4 nitrogen and oxygen atoms in total. The lowest BCUT2D eigenvalue weighted by Gasteiger charge is -2.26. The van der Waals surface area contributed by atoms with Crippen molar-refractivity contribution in [2.75, 3.05) is 0 Å². The normalized spacial score (nSPS) is 26.1. The molecule has 2 N–H and O–H groups in total. The fraction of sp³-hybridized carbons (Fsp3) is 0.500. The van der Waals surface area contributed by atoms with Gasteiger partial charge in [-0.05, 0) is 25.0 Å². The summed E-state index contributed by atoms with van der Waals surface area (Å²) >= 11 is 0. The Labute approximate surface area is 94.5 Å². The van der Waals surface area contributed by atoms with Crippen LogP contribution in [0.5, 0.6) is 0 Å². The van der Waals surface area contributed by atoms with E-state index in [1.807, 2.05) is 24.4 Å². The Balaban J connectivity index is 2.04. The zero-order chi connectivity index (χ0) is 11.0. The van der Waals surface area contributed by atoms with Crippen LogP contribution in [0.2, 0.25) is 0 Å². The first-order valence-electron chi connectivity index (χ1n) is 5.91. The second-order valence-corrected chi connectivity index (χ2v) is 4.54. The molecular weight excluding hydrogens is 200 g/mol. The monoisotopic (exact) mass is 216 g/mol. The summed E-state index contributed by atoms with van der Waals surface area (Å²) in [5, 5.41) is 8.49. The predicted molar refractivity (Wildman–Crippen MR) is 62.2 cm³/mol. The summed E-state index contributed by atoms with van der Waals surface area (Å²) in [6.45, 7) is 0. The zero-order valence-electron chi connectivity index (χ0n) is 9.21. The summed E-state index contributed by atoms with van der Waals surface area (Å²) in [7, 11) is 0. The number of nitrogens with two attached hydrogens (primary N) is 1. The quantitative estimate of drug-likeness (QED) is 0.789. The van der Waals surface area contributed by atoms with Crippen molar-refractivity contribution in [3.8, 4) is 0 Å². The molecule has 2 atom stereocenters. The van der Waals surface area contributed by atoms with Crippen LogP contribution in [-0.2, 0) is 0 Å². The fourth-order valence-corrected chi connectivity index (χ4v) is 2.59. The maximum atomic E-state index is 6.18. The van der Waals surface area contributed by atoms with E-state index in [9.17, 15) is 0 Å². The molecule has 4 heteroatoms. The molecule has 0 unspecified atom stereocenters. The van der Waals surface area contributed by atoms with Crippen LogP contribution in [-0.4, -0.2) is 20.6 Å². The molecule has 1 fully saturated rings. The smallest absolute Gasteiger partial charge is 0.160 e. The fourth-order valence-electron chi connectivity index (χ4n) is 2.59. The van der Waals surface area contributed by atoms with Gasteiger partial charge in [0.05, 0.1) is 0 Å². The molecule has 0 aliphatic heterocycles. The number of nitrogens with zero attached hydrogens (tertiary/aromatic N) is 3. The Morgan fingerprint density at radius 2 is 2.06 bits per heavy atom. The molecule has 0 aromatic carbocycles. The third-order valence-electron chi connectivity index (χ3n) is 3.49. The maximum Gasteiger partial charge on any atom is 0.160 e. The number of rotatable bonds is 1.